The lowest BCUT2D eigenvalue weighted by Gasteiger charge is -2.09. The van der Waals surface area contributed by atoms with Crippen LogP contribution >= 0.6 is 0 Å². The molecule has 0 radical (unpaired) electrons. The summed E-state index contributed by atoms with van der Waals surface area (Å²) in [6, 6.07) is 17.3. The van der Waals surface area contributed by atoms with Crippen LogP contribution in [0.5, 0.6) is 40.2 Å². The number of hydrogen-bond acceptors (Lipinski definition) is 5. The van der Waals surface area contributed by atoms with Gasteiger partial charge < -0.3 is 24.8 Å². The molecule has 23 heavy (non-hydrogen) atoms. The normalized spacial score (nSPS) is 10.3. The molecule has 0 spiro atoms. The van der Waals surface area contributed by atoms with Crippen molar-refractivity contribution in [2.24, 2.45) is 0 Å². The number of rotatable bonds is 4. The van der Waals surface area contributed by atoms with Gasteiger partial charge >= 0.3 is 0 Å². The Hall–Kier alpha value is -3.34. The van der Waals surface area contributed by atoms with Crippen LogP contribution in [-0.4, -0.2) is 15.3 Å². The first-order chi connectivity index (χ1) is 11.1. The van der Waals surface area contributed by atoms with Crippen LogP contribution in [-0.2, 0) is 0 Å². The van der Waals surface area contributed by atoms with Crippen LogP contribution in [0.1, 0.15) is 0 Å². The van der Waals surface area contributed by atoms with E-state index < -0.39 is 0 Å². The molecule has 0 aliphatic carbocycles. The summed E-state index contributed by atoms with van der Waals surface area (Å²) >= 11 is 0. The second kappa shape index (κ2) is 6.19. The lowest BCUT2D eigenvalue weighted by atomic mass is 10.3. The highest BCUT2D eigenvalue weighted by Crippen LogP contribution is 2.31. The third-order valence-electron chi connectivity index (χ3n) is 3.01. The average Bonchev–Trinajstić information content (AvgIpc) is 2.50. The Kier molecular flexibility index (Phi) is 3.93. The Labute approximate surface area is 132 Å². The predicted molar refractivity (Wildman–Crippen MR) is 84.5 cm³/mol. The molecule has 0 saturated carbocycles. The molecule has 0 bridgehead atoms. The molecule has 0 unspecified atom stereocenters. The molecule has 0 saturated heterocycles. The standard InChI is InChI=1S/C18H14O5/c19-12-1-3-15(4-2-12)22-16-5-7-17(8-6-16)23-18-10-13(20)9-14(21)11-18/h1-11,19-21H. The summed E-state index contributed by atoms with van der Waals surface area (Å²) in [5.74, 6) is 2.11. The van der Waals surface area contributed by atoms with E-state index in [-0.39, 0.29) is 17.2 Å². The van der Waals surface area contributed by atoms with E-state index in [9.17, 15) is 15.3 Å². The van der Waals surface area contributed by atoms with E-state index in [1.54, 1.807) is 48.5 Å². The summed E-state index contributed by atoms with van der Waals surface area (Å²) in [6.07, 6.45) is 0. The van der Waals surface area contributed by atoms with Gasteiger partial charge in [-0.2, -0.15) is 0 Å². The van der Waals surface area contributed by atoms with Crippen molar-refractivity contribution in [3.8, 4) is 40.2 Å². The molecular weight excluding hydrogens is 296 g/mol. The number of benzene rings is 3. The second-order valence-electron chi connectivity index (χ2n) is 4.85. The third kappa shape index (κ3) is 3.85. The van der Waals surface area contributed by atoms with E-state index >= 15 is 0 Å². The Morgan fingerprint density at radius 2 is 0.826 bits per heavy atom. The van der Waals surface area contributed by atoms with Crippen molar-refractivity contribution < 1.29 is 24.8 Å². The zero-order valence-corrected chi connectivity index (χ0v) is 12.0. The molecule has 0 aliphatic heterocycles. The van der Waals surface area contributed by atoms with Gasteiger partial charge in [-0.15, -0.1) is 0 Å². The van der Waals surface area contributed by atoms with E-state index in [1.807, 2.05) is 0 Å². The van der Waals surface area contributed by atoms with Crippen LogP contribution in [0, 0.1) is 0 Å². The first-order valence-electron chi connectivity index (χ1n) is 6.86. The van der Waals surface area contributed by atoms with E-state index in [0.717, 1.165) is 0 Å². The summed E-state index contributed by atoms with van der Waals surface area (Å²) < 4.78 is 11.2. The van der Waals surface area contributed by atoms with Crippen molar-refractivity contribution in [1.82, 2.24) is 0 Å². The molecular formula is C18H14O5. The number of hydrogen-bond donors (Lipinski definition) is 3. The fourth-order valence-electron chi connectivity index (χ4n) is 1.99. The average molecular weight is 310 g/mol. The van der Waals surface area contributed by atoms with Crippen LogP contribution in [0.2, 0.25) is 0 Å². The molecule has 0 atom stereocenters. The van der Waals surface area contributed by atoms with Gasteiger partial charge in [0.2, 0.25) is 0 Å². The Morgan fingerprint density at radius 3 is 1.30 bits per heavy atom. The van der Waals surface area contributed by atoms with Crippen molar-refractivity contribution in [2.45, 2.75) is 0 Å². The second-order valence-corrected chi connectivity index (χ2v) is 4.85. The van der Waals surface area contributed by atoms with E-state index in [1.165, 1.54) is 18.2 Å². The van der Waals surface area contributed by atoms with Gasteiger partial charge in [-0.25, -0.2) is 0 Å². The molecule has 0 heterocycles. The minimum Gasteiger partial charge on any atom is -0.508 e. The lowest BCUT2D eigenvalue weighted by Crippen LogP contribution is -1.86. The van der Waals surface area contributed by atoms with Gasteiger partial charge in [-0.05, 0) is 48.5 Å². The van der Waals surface area contributed by atoms with Crippen LogP contribution in [0.4, 0.5) is 0 Å². The zero-order chi connectivity index (χ0) is 16.2. The smallest absolute Gasteiger partial charge is 0.134 e. The summed E-state index contributed by atoms with van der Waals surface area (Å²) in [5, 5.41) is 28.1. The van der Waals surface area contributed by atoms with Crippen LogP contribution in [0.15, 0.2) is 66.7 Å². The molecule has 3 N–H and O–H groups in total. The maximum atomic E-state index is 9.42. The SMILES string of the molecule is Oc1ccc(Oc2ccc(Oc3cc(O)cc(O)c3)cc2)cc1. The fourth-order valence-corrected chi connectivity index (χ4v) is 1.99. The van der Waals surface area contributed by atoms with E-state index in [2.05, 4.69) is 0 Å². The third-order valence-corrected chi connectivity index (χ3v) is 3.01. The summed E-state index contributed by atoms with van der Waals surface area (Å²) in [4.78, 5) is 0. The van der Waals surface area contributed by atoms with E-state index in [0.29, 0.717) is 23.0 Å². The highest BCUT2D eigenvalue weighted by Gasteiger charge is 2.03. The minimum atomic E-state index is -0.0766. The number of phenols is 3. The van der Waals surface area contributed by atoms with Gasteiger partial charge in [0.1, 0.15) is 40.2 Å². The topological polar surface area (TPSA) is 79.2 Å². The van der Waals surface area contributed by atoms with Crippen molar-refractivity contribution in [2.75, 3.05) is 0 Å². The van der Waals surface area contributed by atoms with Crippen molar-refractivity contribution in [1.29, 1.82) is 0 Å². The molecule has 3 aromatic carbocycles. The maximum absolute atomic E-state index is 9.42. The molecule has 0 amide bonds. The Balaban J connectivity index is 1.70. The number of aromatic hydroxyl groups is 3. The lowest BCUT2D eigenvalue weighted by molar-refractivity contribution is 0.431. The van der Waals surface area contributed by atoms with E-state index in [4.69, 9.17) is 9.47 Å². The van der Waals surface area contributed by atoms with Crippen molar-refractivity contribution in [3.63, 3.8) is 0 Å². The Bertz CT molecular complexity index is 774. The molecule has 3 rings (SSSR count). The summed E-state index contributed by atoms with van der Waals surface area (Å²) in [7, 11) is 0. The van der Waals surface area contributed by atoms with Crippen LogP contribution in [0.25, 0.3) is 0 Å². The molecule has 5 heteroatoms. The summed E-state index contributed by atoms with van der Waals surface area (Å²) in [5.41, 5.74) is 0. The van der Waals surface area contributed by atoms with Gasteiger partial charge in [0.25, 0.3) is 0 Å². The van der Waals surface area contributed by atoms with Gasteiger partial charge in [0.15, 0.2) is 0 Å². The van der Waals surface area contributed by atoms with Crippen LogP contribution in [0.3, 0.4) is 0 Å². The molecule has 0 aromatic heterocycles. The monoisotopic (exact) mass is 310 g/mol. The molecule has 0 fully saturated rings. The predicted octanol–water partition coefficient (Wildman–Crippen LogP) is 4.39. The Morgan fingerprint density at radius 1 is 0.435 bits per heavy atom. The van der Waals surface area contributed by atoms with Crippen molar-refractivity contribution in [3.05, 3.63) is 66.7 Å². The largest absolute Gasteiger partial charge is 0.508 e. The molecule has 0 aliphatic rings. The zero-order valence-electron chi connectivity index (χ0n) is 12.0. The summed E-state index contributed by atoms with van der Waals surface area (Å²) in [6.45, 7) is 0. The first kappa shape index (κ1) is 14.6. The van der Waals surface area contributed by atoms with Gasteiger partial charge in [0, 0.05) is 18.2 Å². The van der Waals surface area contributed by atoms with Gasteiger partial charge in [-0.3, -0.25) is 0 Å². The fraction of sp³-hybridized carbons (Fsp3) is 0. The highest BCUT2D eigenvalue weighted by molar-refractivity contribution is 5.43. The van der Waals surface area contributed by atoms with Gasteiger partial charge in [0.05, 0.1) is 0 Å². The van der Waals surface area contributed by atoms with Crippen molar-refractivity contribution >= 4 is 0 Å². The number of phenolic OH excluding ortho intramolecular Hbond substituents is 3. The van der Waals surface area contributed by atoms with Gasteiger partial charge in [-0.1, -0.05) is 0 Å². The molecule has 3 aromatic rings. The quantitative estimate of drug-likeness (QED) is 0.666. The molecule has 5 nitrogen and oxygen atoms in total. The van der Waals surface area contributed by atoms with Crippen LogP contribution < -0.4 is 9.47 Å². The highest BCUT2D eigenvalue weighted by atomic mass is 16.5. The first-order valence-corrected chi connectivity index (χ1v) is 6.86. The number of ether oxygens (including phenoxy) is 2. The maximum Gasteiger partial charge on any atom is 0.134 e. The minimum absolute atomic E-state index is 0.0766. The molecule has 116 valence electrons.